The lowest BCUT2D eigenvalue weighted by molar-refractivity contribution is 0.0600. The van der Waals surface area contributed by atoms with E-state index in [2.05, 4.69) is 13.8 Å². The number of aryl methyl sites for hydroxylation is 2. The average Bonchev–Trinajstić information content (AvgIpc) is 2.26. The van der Waals surface area contributed by atoms with Crippen molar-refractivity contribution in [3.8, 4) is 0 Å². The topological polar surface area (TPSA) is 26.3 Å². The van der Waals surface area contributed by atoms with Crippen LogP contribution in [-0.2, 0) is 11.2 Å². The molecule has 1 rings (SSSR count). The van der Waals surface area contributed by atoms with Crippen LogP contribution in [0, 0.1) is 12.8 Å². The fraction of sp³-hybridized carbons (Fsp3) is 0.500. The molecule has 2 nitrogen and oxygen atoms in total. The van der Waals surface area contributed by atoms with Gasteiger partial charge in [0, 0.05) is 0 Å². The van der Waals surface area contributed by atoms with E-state index in [1.54, 1.807) is 0 Å². The highest BCUT2D eigenvalue weighted by atomic mass is 16.5. The van der Waals surface area contributed by atoms with Gasteiger partial charge in [-0.3, -0.25) is 0 Å². The lowest BCUT2D eigenvalue weighted by atomic mass is 9.97. The molecule has 0 atom stereocenters. The number of esters is 1. The van der Waals surface area contributed by atoms with Gasteiger partial charge in [0.15, 0.2) is 0 Å². The Labute approximate surface area is 97.6 Å². The third kappa shape index (κ3) is 3.37. The molecule has 88 valence electrons. The van der Waals surface area contributed by atoms with Gasteiger partial charge in [-0.25, -0.2) is 4.79 Å². The van der Waals surface area contributed by atoms with Gasteiger partial charge >= 0.3 is 5.97 Å². The molecule has 1 aromatic carbocycles. The van der Waals surface area contributed by atoms with Crippen LogP contribution in [0.5, 0.6) is 0 Å². The Morgan fingerprint density at radius 2 is 2.06 bits per heavy atom. The second kappa shape index (κ2) is 5.69. The maximum atomic E-state index is 11.3. The molecular weight excluding hydrogens is 200 g/mol. The SMILES string of the molecule is COC(=O)c1ccc(CCC(C)C)c(C)c1. The summed E-state index contributed by atoms with van der Waals surface area (Å²) in [6.45, 7) is 6.48. The first-order valence-electron chi connectivity index (χ1n) is 5.72. The number of ether oxygens (including phenoxy) is 1. The molecule has 16 heavy (non-hydrogen) atoms. The van der Waals surface area contributed by atoms with Crippen LogP contribution in [0.1, 0.15) is 41.8 Å². The van der Waals surface area contributed by atoms with Gasteiger partial charge < -0.3 is 4.74 Å². The molecule has 0 aliphatic rings. The van der Waals surface area contributed by atoms with Gasteiger partial charge in [0.05, 0.1) is 12.7 Å². The van der Waals surface area contributed by atoms with Gasteiger partial charge in [0.25, 0.3) is 0 Å². The summed E-state index contributed by atoms with van der Waals surface area (Å²) in [4.78, 5) is 11.3. The van der Waals surface area contributed by atoms with E-state index < -0.39 is 0 Å². The first kappa shape index (κ1) is 12.8. The molecule has 1 aromatic rings. The summed E-state index contributed by atoms with van der Waals surface area (Å²) in [6.07, 6.45) is 2.25. The molecule has 0 aliphatic carbocycles. The Balaban J connectivity index is 2.79. The maximum Gasteiger partial charge on any atom is 0.337 e. The van der Waals surface area contributed by atoms with Gasteiger partial charge in [-0.05, 0) is 48.9 Å². The van der Waals surface area contributed by atoms with E-state index in [1.165, 1.54) is 24.7 Å². The number of methoxy groups -OCH3 is 1. The van der Waals surface area contributed by atoms with Crippen LogP contribution in [0.2, 0.25) is 0 Å². The highest BCUT2D eigenvalue weighted by molar-refractivity contribution is 5.89. The van der Waals surface area contributed by atoms with Crippen molar-refractivity contribution in [3.05, 3.63) is 34.9 Å². The van der Waals surface area contributed by atoms with Gasteiger partial charge in [-0.15, -0.1) is 0 Å². The minimum Gasteiger partial charge on any atom is -0.465 e. The molecule has 0 saturated carbocycles. The van der Waals surface area contributed by atoms with Crippen LogP contribution >= 0.6 is 0 Å². The second-order valence-electron chi connectivity index (χ2n) is 4.57. The van der Waals surface area contributed by atoms with Crippen molar-refractivity contribution in [3.63, 3.8) is 0 Å². The predicted octanol–water partition coefficient (Wildman–Crippen LogP) is 3.37. The van der Waals surface area contributed by atoms with E-state index in [-0.39, 0.29) is 5.97 Å². The summed E-state index contributed by atoms with van der Waals surface area (Å²) < 4.78 is 4.69. The second-order valence-corrected chi connectivity index (χ2v) is 4.57. The minimum absolute atomic E-state index is 0.265. The Bertz CT molecular complexity index is 367. The average molecular weight is 220 g/mol. The van der Waals surface area contributed by atoms with Crippen molar-refractivity contribution in [2.24, 2.45) is 5.92 Å². The zero-order valence-corrected chi connectivity index (χ0v) is 10.5. The van der Waals surface area contributed by atoms with Crippen LogP contribution in [0.25, 0.3) is 0 Å². The van der Waals surface area contributed by atoms with Crippen molar-refractivity contribution in [2.45, 2.75) is 33.6 Å². The van der Waals surface area contributed by atoms with Crippen molar-refractivity contribution < 1.29 is 9.53 Å². The number of carbonyl (C=O) groups excluding carboxylic acids is 1. The highest BCUT2D eigenvalue weighted by Crippen LogP contribution is 2.16. The fourth-order valence-electron chi connectivity index (χ4n) is 1.67. The number of hydrogen-bond acceptors (Lipinski definition) is 2. The van der Waals surface area contributed by atoms with E-state index in [9.17, 15) is 4.79 Å². The molecule has 0 unspecified atom stereocenters. The number of carbonyl (C=O) groups is 1. The molecule has 2 heteroatoms. The Hall–Kier alpha value is -1.31. The Morgan fingerprint density at radius 1 is 1.38 bits per heavy atom. The van der Waals surface area contributed by atoms with Gasteiger partial charge in [0.2, 0.25) is 0 Å². The lowest BCUT2D eigenvalue weighted by Crippen LogP contribution is -2.03. The fourth-order valence-corrected chi connectivity index (χ4v) is 1.67. The van der Waals surface area contributed by atoms with Crippen LogP contribution < -0.4 is 0 Å². The van der Waals surface area contributed by atoms with Gasteiger partial charge in [0.1, 0.15) is 0 Å². The molecule has 0 saturated heterocycles. The highest BCUT2D eigenvalue weighted by Gasteiger charge is 2.07. The van der Waals surface area contributed by atoms with Crippen molar-refractivity contribution >= 4 is 5.97 Å². The monoisotopic (exact) mass is 220 g/mol. The van der Waals surface area contributed by atoms with Crippen LogP contribution in [0.15, 0.2) is 18.2 Å². The third-order valence-electron chi connectivity index (χ3n) is 2.75. The van der Waals surface area contributed by atoms with E-state index in [1.807, 2.05) is 25.1 Å². The van der Waals surface area contributed by atoms with Crippen LogP contribution in [0.4, 0.5) is 0 Å². The summed E-state index contributed by atoms with van der Waals surface area (Å²) in [7, 11) is 1.41. The van der Waals surface area contributed by atoms with E-state index in [4.69, 9.17) is 4.74 Å². The van der Waals surface area contributed by atoms with Gasteiger partial charge in [-0.1, -0.05) is 19.9 Å². The summed E-state index contributed by atoms with van der Waals surface area (Å²) in [6, 6.07) is 5.78. The molecule has 0 fully saturated rings. The first-order chi connectivity index (χ1) is 7.54. The normalized spacial score (nSPS) is 10.6. The molecule has 0 radical (unpaired) electrons. The minimum atomic E-state index is -0.265. The van der Waals surface area contributed by atoms with Crippen LogP contribution in [0.3, 0.4) is 0 Å². The van der Waals surface area contributed by atoms with E-state index in [0.717, 1.165) is 6.42 Å². The molecular formula is C14H20O2. The zero-order valence-electron chi connectivity index (χ0n) is 10.5. The molecule has 0 aliphatic heterocycles. The quantitative estimate of drug-likeness (QED) is 0.727. The largest absolute Gasteiger partial charge is 0.465 e. The number of benzene rings is 1. The summed E-state index contributed by atoms with van der Waals surface area (Å²) in [5, 5.41) is 0. The van der Waals surface area contributed by atoms with Crippen molar-refractivity contribution in [2.75, 3.05) is 7.11 Å². The summed E-state index contributed by atoms with van der Waals surface area (Å²) in [5.74, 6) is 0.443. The zero-order chi connectivity index (χ0) is 12.1. The third-order valence-corrected chi connectivity index (χ3v) is 2.75. The lowest BCUT2D eigenvalue weighted by Gasteiger charge is -2.09. The maximum absolute atomic E-state index is 11.3. The summed E-state index contributed by atoms with van der Waals surface area (Å²) in [5.41, 5.74) is 3.12. The van der Waals surface area contributed by atoms with Crippen molar-refractivity contribution in [1.82, 2.24) is 0 Å². The van der Waals surface area contributed by atoms with Gasteiger partial charge in [-0.2, -0.15) is 0 Å². The summed E-state index contributed by atoms with van der Waals surface area (Å²) >= 11 is 0. The Kier molecular flexibility index (Phi) is 4.53. The standard InChI is InChI=1S/C14H20O2/c1-10(2)5-6-12-7-8-13(9-11(12)3)14(15)16-4/h7-10H,5-6H2,1-4H3. The molecule has 0 spiro atoms. The molecule has 0 aromatic heterocycles. The first-order valence-corrected chi connectivity index (χ1v) is 5.72. The molecule has 0 heterocycles. The van der Waals surface area contributed by atoms with Crippen molar-refractivity contribution in [1.29, 1.82) is 0 Å². The smallest absolute Gasteiger partial charge is 0.337 e. The van der Waals surface area contributed by atoms with Crippen LogP contribution in [-0.4, -0.2) is 13.1 Å². The molecule has 0 N–H and O–H groups in total. The Morgan fingerprint density at radius 3 is 2.56 bits per heavy atom. The molecule has 0 amide bonds. The predicted molar refractivity (Wildman–Crippen MR) is 65.7 cm³/mol. The number of hydrogen-bond donors (Lipinski definition) is 0. The molecule has 0 bridgehead atoms. The number of rotatable bonds is 4. The van der Waals surface area contributed by atoms with E-state index >= 15 is 0 Å². The van der Waals surface area contributed by atoms with E-state index in [0.29, 0.717) is 11.5 Å².